The molecule has 8 nitrogen and oxygen atoms in total. The number of fused-ring (bicyclic) bond motifs is 3. The number of benzene rings is 2. The third-order valence-electron chi connectivity index (χ3n) is 6.73. The third-order valence-corrected chi connectivity index (χ3v) is 6.73. The molecule has 0 spiro atoms. The summed E-state index contributed by atoms with van der Waals surface area (Å²) in [6.45, 7) is 10.4. The highest BCUT2D eigenvalue weighted by Gasteiger charge is 2.30. The zero-order valence-corrected chi connectivity index (χ0v) is 20.9. The van der Waals surface area contributed by atoms with E-state index in [1.165, 1.54) is 9.13 Å². The van der Waals surface area contributed by atoms with E-state index in [0.717, 1.165) is 34.7 Å². The van der Waals surface area contributed by atoms with Crippen molar-refractivity contribution in [3.05, 3.63) is 80.0 Å². The molecule has 2 aromatic heterocycles. The molecule has 0 aliphatic carbocycles. The van der Waals surface area contributed by atoms with Crippen LogP contribution in [-0.2, 0) is 20.1 Å². The Balaban J connectivity index is 1.67. The number of anilines is 2. The fourth-order valence-corrected chi connectivity index (χ4v) is 4.89. The van der Waals surface area contributed by atoms with Crippen LogP contribution in [-0.4, -0.2) is 31.8 Å². The van der Waals surface area contributed by atoms with Crippen molar-refractivity contribution >= 4 is 22.8 Å². The topological polar surface area (TPSA) is 74.3 Å². The third kappa shape index (κ3) is 3.92. The molecular formula is C27H31N5O3. The summed E-state index contributed by atoms with van der Waals surface area (Å²) >= 11 is 0. The lowest BCUT2D eigenvalue weighted by Crippen LogP contribution is -2.40. The number of ether oxygens (including phenoxy) is 1. The monoisotopic (exact) mass is 473 g/mol. The lowest BCUT2D eigenvalue weighted by atomic mass is 10.1. The minimum atomic E-state index is -0.362. The van der Waals surface area contributed by atoms with Gasteiger partial charge in [0.25, 0.3) is 5.56 Å². The molecule has 0 amide bonds. The SMILES string of the molecule is CCOc1ccc(N2C[C@@H](C)Cn3c2nc2c3c(=O)n(Cc3cc(C)ccc3C)c(=O)n2C)cc1. The molecule has 0 unspecified atom stereocenters. The second kappa shape index (κ2) is 8.76. The van der Waals surface area contributed by atoms with Gasteiger partial charge in [-0.2, -0.15) is 4.98 Å². The molecule has 0 saturated heterocycles. The number of rotatable bonds is 5. The van der Waals surface area contributed by atoms with Crippen molar-refractivity contribution in [1.29, 1.82) is 0 Å². The number of imidazole rings is 1. The lowest BCUT2D eigenvalue weighted by Gasteiger charge is -2.33. The maximum atomic E-state index is 13.8. The van der Waals surface area contributed by atoms with Crippen LogP contribution in [0.15, 0.2) is 52.1 Å². The minimum Gasteiger partial charge on any atom is -0.494 e. The Morgan fingerprint density at radius 3 is 2.51 bits per heavy atom. The molecule has 1 atom stereocenters. The first-order valence-corrected chi connectivity index (χ1v) is 12.0. The van der Waals surface area contributed by atoms with Crippen LogP contribution < -0.4 is 20.9 Å². The maximum absolute atomic E-state index is 13.8. The number of aryl methyl sites for hydroxylation is 3. The van der Waals surface area contributed by atoms with Crippen LogP contribution >= 0.6 is 0 Å². The maximum Gasteiger partial charge on any atom is 0.332 e. The average molecular weight is 474 g/mol. The summed E-state index contributed by atoms with van der Waals surface area (Å²) in [4.78, 5) is 34.0. The van der Waals surface area contributed by atoms with Gasteiger partial charge in [0.2, 0.25) is 5.95 Å². The van der Waals surface area contributed by atoms with E-state index in [-0.39, 0.29) is 23.7 Å². The highest BCUT2D eigenvalue weighted by molar-refractivity contribution is 5.77. The molecule has 0 bridgehead atoms. The number of nitrogens with zero attached hydrogens (tertiary/aromatic N) is 5. The zero-order chi connectivity index (χ0) is 24.9. The molecule has 3 heterocycles. The van der Waals surface area contributed by atoms with Crippen molar-refractivity contribution in [2.45, 2.75) is 40.8 Å². The van der Waals surface area contributed by atoms with Crippen LogP contribution in [0.5, 0.6) is 5.75 Å². The molecule has 5 rings (SSSR count). The van der Waals surface area contributed by atoms with Gasteiger partial charge in [-0.25, -0.2) is 4.79 Å². The van der Waals surface area contributed by atoms with Crippen molar-refractivity contribution in [2.24, 2.45) is 13.0 Å². The van der Waals surface area contributed by atoms with E-state index in [1.807, 2.05) is 67.8 Å². The predicted octanol–water partition coefficient (Wildman–Crippen LogP) is 3.75. The second-order valence-electron chi connectivity index (χ2n) is 9.50. The predicted molar refractivity (Wildman–Crippen MR) is 138 cm³/mol. The smallest absolute Gasteiger partial charge is 0.332 e. The van der Waals surface area contributed by atoms with Crippen molar-refractivity contribution in [3.8, 4) is 5.75 Å². The Morgan fingerprint density at radius 2 is 1.80 bits per heavy atom. The van der Waals surface area contributed by atoms with Gasteiger partial charge in [-0.05, 0) is 62.1 Å². The molecule has 182 valence electrons. The Bertz CT molecular complexity index is 1530. The van der Waals surface area contributed by atoms with Gasteiger partial charge in [-0.1, -0.05) is 30.7 Å². The van der Waals surface area contributed by atoms with Crippen LogP contribution in [0.3, 0.4) is 0 Å². The van der Waals surface area contributed by atoms with Crippen LogP contribution in [0.2, 0.25) is 0 Å². The molecular weight excluding hydrogens is 442 g/mol. The number of aromatic nitrogens is 4. The summed E-state index contributed by atoms with van der Waals surface area (Å²) in [5.41, 5.74) is 4.30. The highest BCUT2D eigenvalue weighted by Crippen LogP contribution is 2.33. The van der Waals surface area contributed by atoms with E-state index >= 15 is 0 Å². The van der Waals surface area contributed by atoms with E-state index in [0.29, 0.717) is 30.3 Å². The highest BCUT2D eigenvalue weighted by atomic mass is 16.5. The van der Waals surface area contributed by atoms with Crippen molar-refractivity contribution in [2.75, 3.05) is 18.1 Å². The van der Waals surface area contributed by atoms with Crippen molar-refractivity contribution in [1.82, 2.24) is 18.7 Å². The first-order valence-electron chi connectivity index (χ1n) is 12.0. The molecule has 0 saturated carbocycles. The van der Waals surface area contributed by atoms with Crippen LogP contribution in [0, 0.1) is 19.8 Å². The zero-order valence-electron chi connectivity index (χ0n) is 20.9. The fraction of sp³-hybridized carbons (Fsp3) is 0.370. The Kier molecular flexibility index (Phi) is 5.75. The van der Waals surface area contributed by atoms with Gasteiger partial charge in [-0.15, -0.1) is 0 Å². The fourth-order valence-electron chi connectivity index (χ4n) is 4.89. The summed E-state index contributed by atoms with van der Waals surface area (Å²) in [5.74, 6) is 1.78. The van der Waals surface area contributed by atoms with E-state index < -0.39 is 0 Å². The van der Waals surface area contributed by atoms with Crippen LogP contribution in [0.4, 0.5) is 11.6 Å². The Hall–Kier alpha value is -3.81. The number of hydrogen-bond donors (Lipinski definition) is 0. The second-order valence-corrected chi connectivity index (χ2v) is 9.50. The molecule has 2 aromatic carbocycles. The van der Waals surface area contributed by atoms with Crippen LogP contribution in [0.25, 0.3) is 11.2 Å². The Morgan fingerprint density at radius 1 is 1.06 bits per heavy atom. The van der Waals surface area contributed by atoms with E-state index in [4.69, 9.17) is 9.72 Å². The molecule has 4 aromatic rings. The summed E-state index contributed by atoms with van der Waals surface area (Å²) < 4.78 is 10.4. The van der Waals surface area contributed by atoms with Crippen molar-refractivity contribution in [3.63, 3.8) is 0 Å². The molecule has 1 aliphatic heterocycles. The molecule has 0 N–H and O–H groups in total. The van der Waals surface area contributed by atoms with E-state index in [9.17, 15) is 9.59 Å². The van der Waals surface area contributed by atoms with Gasteiger partial charge in [0, 0.05) is 25.8 Å². The van der Waals surface area contributed by atoms with Gasteiger partial charge >= 0.3 is 5.69 Å². The van der Waals surface area contributed by atoms with Crippen LogP contribution in [0.1, 0.15) is 30.5 Å². The van der Waals surface area contributed by atoms with E-state index in [1.54, 1.807) is 7.05 Å². The van der Waals surface area contributed by atoms with Gasteiger partial charge in [0.1, 0.15) is 5.75 Å². The first-order chi connectivity index (χ1) is 16.8. The van der Waals surface area contributed by atoms with Crippen molar-refractivity contribution < 1.29 is 4.74 Å². The minimum absolute atomic E-state index is 0.230. The molecule has 0 fully saturated rings. The molecule has 8 heteroatoms. The van der Waals surface area contributed by atoms with E-state index in [2.05, 4.69) is 11.8 Å². The molecule has 1 aliphatic rings. The summed E-state index contributed by atoms with van der Waals surface area (Å²) in [6, 6.07) is 14.0. The summed E-state index contributed by atoms with van der Waals surface area (Å²) in [5, 5.41) is 0. The van der Waals surface area contributed by atoms with Gasteiger partial charge in [0.05, 0.1) is 13.2 Å². The summed E-state index contributed by atoms with van der Waals surface area (Å²) in [7, 11) is 1.69. The van der Waals surface area contributed by atoms with Gasteiger partial charge < -0.3 is 14.2 Å². The standard InChI is InChI=1S/C27H31N5O3/c1-6-35-22-11-9-21(10-12-22)30-14-18(3)15-31-23-24(28-26(30)31)29(5)27(34)32(25(23)33)16-20-13-17(2)7-8-19(20)4/h7-13,18H,6,14-16H2,1-5H3/t18-/m1/s1. The quantitative estimate of drug-likeness (QED) is 0.441. The average Bonchev–Trinajstić information content (AvgIpc) is 3.22. The normalized spacial score (nSPS) is 15.5. The number of hydrogen-bond acceptors (Lipinski definition) is 5. The van der Waals surface area contributed by atoms with Gasteiger partial charge in [-0.3, -0.25) is 13.9 Å². The summed E-state index contributed by atoms with van der Waals surface area (Å²) in [6.07, 6.45) is 0. The largest absolute Gasteiger partial charge is 0.494 e. The Labute approximate surface area is 204 Å². The van der Waals surface area contributed by atoms with Gasteiger partial charge in [0.15, 0.2) is 11.2 Å². The molecule has 0 radical (unpaired) electrons. The molecule has 35 heavy (non-hydrogen) atoms. The first kappa shape index (κ1) is 23.0. The lowest BCUT2D eigenvalue weighted by molar-refractivity contribution is 0.340.